The fourth-order valence-corrected chi connectivity index (χ4v) is 9.33. The van der Waals surface area contributed by atoms with Crippen LogP contribution in [0.5, 0.6) is 0 Å². The van der Waals surface area contributed by atoms with Gasteiger partial charge in [-0.1, -0.05) is 158 Å². The van der Waals surface area contributed by atoms with E-state index in [1.54, 1.807) is 0 Å². The van der Waals surface area contributed by atoms with E-state index in [4.69, 9.17) is 15.0 Å². The molecule has 0 aliphatic rings. The first kappa shape index (κ1) is 30.9. The zero-order valence-electron chi connectivity index (χ0n) is 30.2. The smallest absolute Gasteiger partial charge is 0.0970 e. The quantitative estimate of drug-likeness (QED) is 0.135. The van der Waals surface area contributed by atoms with E-state index in [2.05, 4.69) is 170 Å². The molecule has 258 valence electrons. The third kappa shape index (κ3) is 4.43. The summed E-state index contributed by atoms with van der Waals surface area (Å²) in [4.78, 5) is 15.2. The monoisotopic (exact) mass is 709 g/mol. The maximum absolute atomic E-state index is 5.60. The van der Waals surface area contributed by atoms with Gasteiger partial charge in [-0.2, -0.15) is 0 Å². The molecule has 0 aliphatic carbocycles. The molecule has 56 heavy (non-hydrogen) atoms. The van der Waals surface area contributed by atoms with Crippen LogP contribution in [0.1, 0.15) is 0 Å². The van der Waals surface area contributed by atoms with Crippen molar-refractivity contribution >= 4 is 86.6 Å². The molecule has 3 heteroatoms. The molecule has 0 atom stereocenters. The largest absolute Gasteiger partial charge is 0.254 e. The predicted molar refractivity (Wildman–Crippen MR) is 236 cm³/mol. The summed E-state index contributed by atoms with van der Waals surface area (Å²) in [5.41, 5.74) is 9.69. The van der Waals surface area contributed by atoms with Gasteiger partial charge in [0, 0.05) is 44.9 Å². The van der Waals surface area contributed by atoms with Crippen molar-refractivity contribution in [3.05, 3.63) is 188 Å². The van der Waals surface area contributed by atoms with Crippen LogP contribution in [0.25, 0.3) is 120 Å². The van der Waals surface area contributed by atoms with E-state index in [0.717, 1.165) is 55.1 Å². The van der Waals surface area contributed by atoms with Crippen LogP contribution < -0.4 is 0 Å². The number of nitrogens with zero attached hydrogens (tertiary/aromatic N) is 3. The zero-order valence-corrected chi connectivity index (χ0v) is 30.2. The number of pyridine rings is 3. The van der Waals surface area contributed by atoms with E-state index in [1.165, 1.54) is 65.0 Å². The molecule has 0 saturated heterocycles. The highest BCUT2D eigenvalue weighted by atomic mass is 14.7. The summed E-state index contributed by atoms with van der Waals surface area (Å²) in [5, 5.41) is 15.4. The second-order valence-corrected chi connectivity index (χ2v) is 14.6. The Balaban J connectivity index is 1.14. The minimum absolute atomic E-state index is 0.918. The van der Waals surface area contributed by atoms with Gasteiger partial charge in [0.15, 0.2) is 0 Å². The molecule has 3 aromatic heterocycles. The van der Waals surface area contributed by atoms with Crippen LogP contribution in [-0.2, 0) is 0 Å². The molecule has 0 fully saturated rings. The van der Waals surface area contributed by atoms with Crippen molar-refractivity contribution in [2.45, 2.75) is 0 Å². The summed E-state index contributed by atoms with van der Waals surface area (Å²) >= 11 is 0. The maximum atomic E-state index is 5.60. The highest BCUT2D eigenvalue weighted by Crippen LogP contribution is 2.47. The minimum Gasteiger partial charge on any atom is -0.254 e. The summed E-state index contributed by atoms with van der Waals surface area (Å²) in [6.07, 6.45) is 3.78. The summed E-state index contributed by atoms with van der Waals surface area (Å²) in [6, 6.07) is 63.5. The van der Waals surface area contributed by atoms with E-state index in [1.807, 2.05) is 18.5 Å². The molecular formula is C53H31N3. The van der Waals surface area contributed by atoms with Crippen molar-refractivity contribution in [3.8, 4) is 33.5 Å². The van der Waals surface area contributed by atoms with Gasteiger partial charge >= 0.3 is 0 Å². The highest BCUT2D eigenvalue weighted by molar-refractivity contribution is 6.31. The number of hydrogen-bond donors (Lipinski definition) is 0. The van der Waals surface area contributed by atoms with Gasteiger partial charge in [-0.25, -0.2) is 4.98 Å². The van der Waals surface area contributed by atoms with E-state index < -0.39 is 0 Å². The Morgan fingerprint density at radius 1 is 0.304 bits per heavy atom. The Kier molecular flexibility index (Phi) is 6.63. The van der Waals surface area contributed by atoms with Gasteiger partial charge in [-0.05, 0) is 83.5 Å². The molecule has 0 amide bonds. The highest BCUT2D eigenvalue weighted by Gasteiger charge is 2.21. The number of fused-ring (bicyclic) bond motifs is 13. The van der Waals surface area contributed by atoms with Gasteiger partial charge in [0.1, 0.15) is 0 Å². The summed E-state index contributed by atoms with van der Waals surface area (Å²) < 4.78 is 0. The molecule has 12 rings (SSSR count). The Labute approximate surface area is 322 Å². The van der Waals surface area contributed by atoms with E-state index in [9.17, 15) is 0 Å². The lowest BCUT2D eigenvalue weighted by atomic mass is 9.84. The Hall–Kier alpha value is -7.49. The molecule has 0 N–H and O–H groups in total. The van der Waals surface area contributed by atoms with Gasteiger partial charge < -0.3 is 0 Å². The molecule has 0 aliphatic heterocycles. The fraction of sp³-hybridized carbons (Fsp3) is 0. The number of aromatic nitrogens is 3. The molecule has 3 heterocycles. The number of benzene rings is 9. The van der Waals surface area contributed by atoms with Crippen LogP contribution in [0.3, 0.4) is 0 Å². The standard InChI is InChI=1S/C53H31N3/c1-3-18-37-35(16-1)36-17-2-9-24-44(36)52-49(37)42-23-8-10-25-45(42)50(56-52)34-14-11-13-33(31-34)47-38-19-4-6-21-40(38)48(41-22-7-5-20-39(41)47)43-28-30-55-53-46(43)27-26-32-15-12-29-54-51(32)53/h1-31H. The minimum atomic E-state index is 0.918. The van der Waals surface area contributed by atoms with E-state index >= 15 is 0 Å². The van der Waals surface area contributed by atoms with Crippen molar-refractivity contribution in [1.82, 2.24) is 15.0 Å². The second kappa shape index (κ2) is 12.0. The Morgan fingerprint density at radius 3 is 1.57 bits per heavy atom. The van der Waals surface area contributed by atoms with Crippen LogP contribution >= 0.6 is 0 Å². The molecule has 0 saturated carbocycles. The lowest BCUT2D eigenvalue weighted by Gasteiger charge is -2.19. The first-order valence-corrected chi connectivity index (χ1v) is 19.1. The van der Waals surface area contributed by atoms with Crippen LogP contribution in [0.15, 0.2) is 188 Å². The Morgan fingerprint density at radius 2 is 0.857 bits per heavy atom. The normalized spacial score (nSPS) is 11.9. The van der Waals surface area contributed by atoms with Crippen LogP contribution in [0, 0.1) is 0 Å². The van der Waals surface area contributed by atoms with E-state index in [0.29, 0.717) is 0 Å². The van der Waals surface area contributed by atoms with Gasteiger partial charge in [0.25, 0.3) is 0 Å². The van der Waals surface area contributed by atoms with Gasteiger partial charge in [0.05, 0.1) is 22.2 Å². The maximum Gasteiger partial charge on any atom is 0.0970 e. The third-order valence-electron chi connectivity index (χ3n) is 11.7. The molecule has 3 nitrogen and oxygen atoms in total. The van der Waals surface area contributed by atoms with Gasteiger partial charge in [0.2, 0.25) is 0 Å². The van der Waals surface area contributed by atoms with Crippen LogP contribution in [0.4, 0.5) is 0 Å². The van der Waals surface area contributed by atoms with E-state index in [-0.39, 0.29) is 0 Å². The van der Waals surface area contributed by atoms with Crippen molar-refractivity contribution in [2.75, 3.05) is 0 Å². The third-order valence-corrected chi connectivity index (χ3v) is 11.7. The average Bonchev–Trinajstić information content (AvgIpc) is 3.27. The Bertz CT molecular complexity index is 3550. The summed E-state index contributed by atoms with van der Waals surface area (Å²) in [6.45, 7) is 0. The van der Waals surface area contributed by atoms with Crippen molar-refractivity contribution in [1.29, 1.82) is 0 Å². The lowest BCUT2D eigenvalue weighted by Crippen LogP contribution is -1.94. The second-order valence-electron chi connectivity index (χ2n) is 14.6. The van der Waals surface area contributed by atoms with Crippen molar-refractivity contribution < 1.29 is 0 Å². The SMILES string of the molecule is c1cc(-c2c3ccccc3c(-c3ccnc4c3ccc3cccnc34)c3ccccc23)cc(-c2nc3c4ccccc4c4ccccc4c3c3ccccc23)c1. The molecule has 0 bridgehead atoms. The predicted octanol–water partition coefficient (Wildman–Crippen LogP) is 14.1. The molecule has 0 unspecified atom stereocenters. The first-order valence-electron chi connectivity index (χ1n) is 19.1. The van der Waals surface area contributed by atoms with Crippen LogP contribution in [-0.4, -0.2) is 15.0 Å². The summed E-state index contributed by atoms with van der Waals surface area (Å²) in [7, 11) is 0. The molecule has 0 radical (unpaired) electrons. The number of rotatable bonds is 3. The molecule has 9 aromatic carbocycles. The lowest BCUT2D eigenvalue weighted by molar-refractivity contribution is 1.37. The van der Waals surface area contributed by atoms with Gasteiger partial charge in [-0.3, -0.25) is 9.97 Å². The van der Waals surface area contributed by atoms with Crippen molar-refractivity contribution in [3.63, 3.8) is 0 Å². The molecule has 12 aromatic rings. The summed E-state index contributed by atoms with van der Waals surface area (Å²) in [5.74, 6) is 0. The van der Waals surface area contributed by atoms with Gasteiger partial charge in [-0.15, -0.1) is 0 Å². The first-order chi connectivity index (χ1) is 27.8. The average molecular weight is 710 g/mol. The molecule has 0 spiro atoms. The topological polar surface area (TPSA) is 38.7 Å². The van der Waals surface area contributed by atoms with Crippen molar-refractivity contribution in [2.24, 2.45) is 0 Å². The zero-order chi connectivity index (χ0) is 36.7. The number of hydrogen-bond acceptors (Lipinski definition) is 3. The van der Waals surface area contributed by atoms with Crippen LogP contribution in [0.2, 0.25) is 0 Å². The fourth-order valence-electron chi connectivity index (χ4n) is 9.33. The molecular weight excluding hydrogens is 679 g/mol.